The fourth-order valence-corrected chi connectivity index (χ4v) is 2.67. The number of imidazole rings is 1. The molecule has 0 spiro atoms. The van der Waals surface area contributed by atoms with Crippen molar-refractivity contribution < 1.29 is 9.90 Å². The number of carboxylic acids is 1. The van der Waals surface area contributed by atoms with Crippen LogP contribution in [0.5, 0.6) is 0 Å². The van der Waals surface area contributed by atoms with E-state index < -0.39 is 5.97 Å². The Morgan fingerprint density at radius 3 is 2.50 bits per heavy atom. The molecule has 0 bridgehead atoms. The molecule has 1 heterocycles. The highest BCUT2D eigenvalue weighted by molar-refractivity contribution is 5.92. The molecule has 1 saturated carbocycles. The average Bonchev–Trinajstić information content (AvgIpc) is 2.95. The third-order valence-electron chi connectivity index (χ3n) is 4.09. The van der Waals surface area contributed by atoms with Crippen LogP contribution in [-0.4, -0.2) is 20.6 Å². The molecule has 3 rings (SSSR count). The molecule has 1 fully saturated rings. The Kier molecular flexibility index (Phi) is 2.53. The highest BCUT2D eigenvalue weighted by atomic mass is 16.4. The van der Waals surface area contributed by atoms with E-state index >= 15 is 0 Å². The Bertz CT molecular complexity index is 703. The van der Waals surface area contributed by atoms with Gasteiger partial charge in [-0.15, -0.1) is 0 Å². The summed E-state index contributed by atoms with van der Waals surface area (Å²) >= 11 is 0. The summed E-state index contributed by atoms with van der Waals surface area (Å²) in [5.74, 6) is 0.131. The first kappa shape index (κ1) is 13.2. The molecule has 1 N–H and O–H groups in total. The number of nitrogens with zero attached hydrogens (tertiary/aromatic N) is 2. The minimum atomic E-state index is -0.906. The van der Waals surface area contributed by atoms with Crippen LogP contribution in [0.2, 0.25) is 0 Å². The van der Waals surface area contributed by atoms with Crippen LogP contribution in [0.3, 0.4) is 0 Å². The second kappa shape index (κ2) is 3.84. The number of rotatable bonds is 2. The highest BCUT2D eigenvalue weighted by Gasteiger charge is 2.43. The molecule has 4 heteroatoms. The average molecular weight is 272 g/mol. The van der Waals surface area contributed by atoms with Crippen LogP contribution in [0.4, 0.5) is 0 Å². The number of aromatic nitrogens is 2. The smallest absolute Gasteiger partial charge is 0.335 e. The molecule has 1 aromatic heterocycles. The third kappa shape index (κ3) is 1.90. The van der Waals surface area contributed by atoms with Crippen LogP contribution >= 0.6 is 0 Å². The van der Waals surface area contributed by atoms with Crippen molar-refractivity contribution in [1.29, 1.82) is 0 Å². The topological polar surface area (TPSA) is 55.1 Å². The Balaban J connectivity index is 2.30. The summed E-state index contributed by atoms with van der Waals surface area (Å²) in [6.07, 6.45) is 2.31. The van der Waals surface area contributed by atoms with Crippen LogP contribution in [0.15, 0.2) is 18.2 Å². The van der Waals surface area contributed by atoms with E-state index in [2.05, 4.69) is 32.3 Å². The SMILES string of the molecule is CC(C)(C)c1nc2cc(C(=O)O)ccc2n1C1(C)CC1. The minimum absolute atomic E-state index is 0.0615. The third-order valence-corrected chi connectivity index (χ3v) is 4.09. The monoisotopic (exact) mass is 272 g/mol. The van der Waals surface area contributed by atoms with Crippen molar-refractivity contribution in [2.24, 2.45) is 0 Å². The van der Waals surface area contributed by atoms with Gasteiger partial charge in [-0.25, -0.2) is 9.78 Å². The number of hydrogen-bond acceptors (Lipinski definition) is 2. The maximum atomic E-state index is 11.1. The first-order chi connectivity index (χ1) is 9.22. The largest absolute Gasteiger partial charge is 0.478 e. The van der Waals surface area contributed by atoms with Gasteiger partial charge in [-0.3, -0.25) is 0 Å². The minimum Gasteiger partial charge on any atom is -0.478 e. The Labute approximate surface area is 118 Å². The molecule has 0 unspecified atom stereocenters. The van der Waals surface area contributed by atoms with Crippen LogP contribution < -0.4 is 0 Å². The van der Waals surface area contributed by atoms with Crippen molar-refractivity contribution in [3.8, 4) is 0 Å². The summed E-state index contributed by atoms with van der Waals surface area (Å²) in [6.45, 7) is 8.69. The zero-order chi connectivity index (χ0) is 14.7. The van der Waals surface area contributed by atoms with Gasteiger partial charge in [0.2, 0.25) is 0 Å². The van der Waals surface area contributed by atoms with Gasteiger partial charge in [-0.05, 0) is 38.0 Å². The van der Waals surface area contributed by atoms with Gasteiger partial charge in [-0.2, -0.15) is 0 Å². The molecule has 4 nitrogen and oxygen atoms in total. The Morgan fingerprint density at radius 1 is 1.35 bits per heavy atom. The van der Waals surface area contributed by atoms with Gasteiger partial charge in [0.15, 0.2) is 0 Å². The van der Waals surface area contributed by atoms with Crippen molar-refractivity contribution in [3.63, 3.8) is 0 Å². The first-order valence-corrected chi connectivity index (χ1v) is 6.99. The molecule has 1 aliphatic rings. The van der Waals surface area contributed by atoms with Gasteiger partial charge in [0.25, 0.3) is 0 Å². The summed E-state index contributed by atoms with van der Waals surface area (Å²) < 4.78 is 2.31. The molecular weight excluding hydrogens is 252 g/mol. The molecule has 0 atom stereocenters. The van der Waals surface area contributed by atoms with Crippen molar-refractivity contribution in [2.75, 3.05) is 0 Å². The van der Waals surface area contributed by atoms with Crippen LogP contribution in [-0.2, 0) is 11.0 Å². The lowest BCUT2D eigenvalue weighted by Crippen LogP contribution is -2.24. The van der Waals surface area contributed by atoms with Crippen LogP contribution in [0.1, 0.15) is 56.7 Å². The fourth-order valence-electron chi connectivity index (χ4n) is 2.67. The molecular formula is C16H20N2O2. The first-order valence-electron chi connectivity index (χ1n) is 6.99. The second-order valence-electron chi connectivity index (χ2n) is 7.03. The van der Waals surface area contributed by atoms with Gasteiger partial charge >= 0.3 is 5.97 Å². The summed E-state index contributed by atoms with van der Waals surface area (Å²) in [5.41, 5.74) is 2.20. The van der Waals surface area contributed by atoms with Gasteiger partial charge in [0.05, 0.1) is 16.6 Å². The Hall–Kier alpha value is -1.84. The summed E-state index contributed by atoms with van der Waals surface area (Å²) in [4.78, 5) is 15.8. The van der Waals surface area contributed by atoms with E-state index in [4.69, 9.17) is 10.1 Å². The van der Waals surface area contributed by atoms with Gasteiger partial charge in [0.1, 0.15) is 5.82 Å². The van der Waals surface area contributed by atoms with Crippen LogP contribution in [0.25, 0.3) is 11.0 Å². The van der Waals surface area contributed by atoms with E-state index in [1.807, 2.05) is 6.07 Å². The molecule has 0 radical (unpaired) electrons. The van der Waals surface area contributed by atoms with E-state index in [0.717, 1.165) is 29.7 Å². The van der Waals surface area contributed by atoms with Crippen molar-refractivity contribution in [3.05, 3.63) is 29.6 Å². The summed E-state index contributed by atoms with van der Waals surface area (Å²) in [5, 5.41) is 9.12. The summed E-state index contributed by atoms with van der Waals surface area (Å²) in [6, 6.07) is 5.24. The maximum absolute atomic E-state index is 11.1. The predicted molar refractivity (Wildman–Crippen MR) is 78.3 cm³/mol. The summed E-state index contributed by atoms with van der Waals surface area (Å²) in [7, 11) is 0. The Morgan fingerprint density at radius 2 is 2.00 bits per heavy atom. The molecule has 0 aliphatic heterocycles. The number of benzene rings is 1. The lowest BCUT2D eigenvalue weighted by atomic mass is 9.95. The predicted octanol–water partition coefficient (Wildman–Crippen LogP) is 3.54. The number of fused-ring (bicyclic) bond motifs is 1. The maximum Gasteiger partial charge on any atom is 0.335 e. The lowest BCUT2D eigenvalue weighted by molar-refractivity contribution is 0.0697. The zero-order valence-electron chi connectivity index (χ0n) is 12.4. The van der Waals surface area contributed by atoms with Crippen molar-refractivity contribution in [1.82, 2.24) is 9.55 Å². The van der Waals surface area contributed by atoms with E-state index in [1.165, 1.54) is 0 Å². The van der Waals surface area contributed by atoms with Gasteiger partial charge < -0.3 is 9.67 Å². The normalized spacial score (nSPS) is 17.4. The van der Waals surface area contributed by atoms with E-state index in [9.17, 15) is 4.79 Å². The molecule has 1 aliphatic carbocycles. The number of hydrogen-bond donors (Lipinski definition) is 1. The van der Waals surface area contributed by atoms with Crippen LogP contribution in [0, 0.1) is 0 Å². The lowest BCUT2D eigenvalue weighted by Gasteiger charge is -2.24. The number of carbonyl (C=O) groups is 1. The van der Waals surface area contributed by atoms with E-state index in [-0.39, 0.29) is 11.0 Å². The van der Waals surface area contributed by atoms with Gasteiger partial charge in [0, 0.05) is 11.0 Å². The van der Waals surface area contributed by atoms with Gasteiger partial charge in [-0.1, -0.05) is 20.8 Å². The van der Waals surface area contributed by atoms with E-state index in [0.29, 0.717) is 5.56 Å². The fraction of sp³-hybridized carbons (Fsp3) is 0.500. The molecule has 0 amide bonds. The molecule has 0 saturated heterocycles. The zero-order valence-corrected chi connectivity index (χ0v) is 12.4. The number of aromatic carboxylic acids is 1. The number of carboxylic acid groups (broad SMARTS) is 1. The van der Waals surface area contributed by atoms with E-state index in [1.54, 1.807) is 12.1 Å². The van der Waals surface area contributed by atoms with Crippen molar-refractivity contribution in [2.45, 2.75) is 51.5 Å². The molecule has 106 valence electrons. The molecule has 2 aromatic rings. The highest BCUT2D eigenvalue weighted by Crippen LogP contribution is 2.47. The molecule has 20 heavy (non-hydrogen) atoms. The second-order valence-corrected chi connectivity index (χ2v) is 7.03. The van der Waals surface area contributed by atoms with Crippen molar-refractivity contribution >= 4 is 17.0 Å². The quantitative estimate of drug-likeness (QED) is 0.909. The molecule has 1 aromatic carbocycles. The standard InChI is InChI=1S/C16H20N2O2/c1-15(2,3)14-17-11-9-10(13(19)20)5-6-12(11)18(14)16(4)7-8-16/h5-6,9H,7-8H2,1-4H3,(H,19,20).